The number of hydrogen-bond acceptors (Lipinski definition) is 2. The molecule has 1 heterocycles. The second kappa shape index (κ2) is 7.28. The number of hydrogen-bond donors (Lipinski definition) is 0. The van der Waals surface area contributed by atoms with Crippen LogP contribution in [0.15, 0.2) is 48.5 Å². The predicted octanol–water partition coefficient (Wildman–Crippen LogP) is 4.67. The van der Waals surface area contributed by atoms with E-state index in [1.165, 1.54) is 11.6 Å². The van der Waals surface area contributed by atoms with Crippen molar-refractivity contribution in [1.82, 2.24) is 0 Å². The summed E-state index contributed by atoms with van der Waals surface area (Å²) in [6.45, 7) is 1.89. The first-order chi connectivity index (χ1) is 11.3. The number of aryl methyl sites for hydroxylation is 1. The lowest BCUT2D eigenvalue weighted by Crippen LogP contribution is -2.33. The van der Waals surface area contributed by atoms with Crippen molar-refractivity contribution in [3.05, 3.63) is 65.5 Å². The molecule has 0 aliphatic carbocycles. The summed E-state index contributed by atoms with van der Waals surface area (Å²) in [6, 6.07) is 17.9. The quantitative estimate of drug-likeness (QED) is 0.821. The van der Waals surface area contributed by atoms with E-state index in [4.69, 9.17) is 5.26 Å². The Balaban J connectivity index is 1.68. The standard InChI is InChI=1S/C20H21FN2/c21-19-13-16(5-4-10-22)14-20(15-19)23-11-8-18(9-12-23)17-6-2-1-3-7-17/h1-3,6-7,13-15,18H,4-5,8-9,11-12H2. The van der Waals surface area contributed by atoms with E-state index in [1.807, 2.05) is 12.1 Å². The Bertz CT molecular complexity index is 683. The van der Waals surface area contributed by atoms with Crippen LogP contribution in [-0.2, 0) is 6.42 Å². The largest absolute Gasteiger partial charge is 0.371 e. The molecule has 3 heteroatoms. The molecular weight excluding hydrogens is 287 g/mol. The molecule has 23 heavy (non-hydrogen) atoms. The fourth-order valence-corrected chi connectivity index (χ4v) is 3.36. The first kappa shape index (κ1) is 15.6. The van der Waals surface area contributed by atoms with Crippen LogP contribution >= 0.6 is 0 Å². The number of halogens is 1. The van der Waals surface area contributed by atoms with E-state index >= 15 is 0 Å². The predicted molar refractivity (Wildman–Crippen MR) is 91.0 cm³/mol. The molecule has 0 aromatic heterocycles. The average Bonchev–Trinajstić information content (AvgIpc) is 2.60. The van der Waals surface area contributed by atoms with Crippen molar-refractivity contribution in [3.8, 4) is 6.07 Å². The van der Waals surface area contributed by atoms with E-state index < -0.39 is 0 Å². The Morgan fingerprint density at radius 2 is 1.83 bits per heavy atom. The molecule has 2 aromatic carbocycles. The summed E-state index contributed by atoms with van der Waals surface area (Å²) >= 11 is 0. The van der Waals surface area contributed by atoms with Gasteiger partial charge in [0, 0.05) is 25.2 Å². The maximum atomic E-state index is 13.8. The lowest BCUT2D eigenvalue weighted by Gasteiger charge is -2.34. The summed E-state index contributed by atoms with van der Waals surface area (Å²) in [6.07, 6.45) is 3.23. The van der Waals surface area contributed by atoms with Gasteiger partial charge in [-0.15, -0.1) is 0 Å². The van der Waals surface area contributed by atoms with Crippen LogP contribution in [0.3, 0.4) is 0 Å². The Labute approximate surface area is 137 Å². The average molecular weight is 308 g/mol. The van der Waals surface area contributed by atoms with Crippen LogP contribution in [-0.4, -0.2) is 13.1 Å². The second-order valence-corrected chi connectivity index (χ2v) is 6.15. The van der Waals surface area contributed by atoms with Crippen molar-refractivity contribution >= 4 is 5.69 Å². The molecule has 0 unspecified atom stereocenters. The third kappa shape index (κ3) is 3.90. The van der Waals surface area contributed by atoms with Crippen LogP contribution < -0.4 is 4.90 Å². The summed E-state index contributed by atoms with van der Waals surface area (Å²) in [5.41, 5.74) is 3.26. The maximum absolute atomic E-state index is 13.8. The molecule has 1 aliphatic rings. The van der Waals surface area contributed by atoms with Crippen LogP contribution in [0, 0.1) is 17.1 Å². The molecule has 2 aromatic rings. The van der Waals surface area contributed by atoms with E-state index in [-0.39, 0.29) is 5.82 Å². The molecule has 0 N–H and O–H groups in total. The highest BCUT2D eigenvalue weighted by atomic mass is 19.1. The van der Waals surface area contributed by atoms with Crippen molar-refractivity contribution in [2.45, 2.75) is 31.6 Å². The van der Waals surface area contributed by atoms with Gasteiger partial charge in [-0.2, -0.15) is 5.26 Å². The monoisotopic (exact) mass is 308 g/mol. The number of benzene rings is 2. The fraction of sp³-hybridized carbons (Fsp3) is 0.350. The highest BCUT2D eigenvalue weighted by Crippen LogP contribution is 2.31. The van der Waals surface area contributed by atoms with Crippen molar-refractivity contribution in [1.29, 1.82) is 5.26 Å². The highest BCUT2D eigenvalue weighted by molar-refractivity contribution is 5.50. The zero-order chi connectivity index (χ0) is 16.1. The molecule has 0 amide bonds. The summed E-state index contributed by atoms with van der Waals surface area (Å²) < 4.78 is 13.8. The minimum absolute atomic E-state index is 0.208. The molecule has 0 bridgehead atoms. The van der Waals surface area contributed by atoms with E-state index in [0.717, 1.165) is 37.2 Å². The van der Waals surface area contributed by atoms with E-state index in [0.29, 0.717) is 18.8 Å². The molecule has 1 aliphatic heterocycles. The first-order valence-corrected chi connectivity index (χ1v) is 8.22. The molecule has 2 nitrogen and oxygen atoms in total. The zero-order valence-electron chi connectivity index (χ0n) is 13.2. The van der Waals surface area contributed by atoms with E-state index in [1.54, 1.807) is 6.07 Å². The van der Waals surface area contributed by atoms with Gasteiger partial charge in [-0.1, -0.05) is 30.3 Å². The van der Waals surface area contributed by atoms with Crippen molar-refractivity contribution in [3.63, 3.8) is 0 Å². The lowest BCUT2D eigenvalue weighted by molar-refractivity contribution is 0.504. The number of piperidine rings is 1. The normalized spacial score (nSPS) is 15.4. The van der Waals surface area contributed by atoms with Gasteiger partial charge in [-0.05, 0) is 54.5 Å². The van der Waals surface area contributed by atoms with Gasteiger partial charge in [0.15, 0.2) is 0 Å². The molecule has 1 saturated heterocycles. The third-order valence-electron chi connectivity index (χ3n) is 4.60. The van der Waals surface area contributed by atoms with Gasteiger partial charge in [0.05, 0.1) is 6.07 Å². The zero-order valence-corrected chi connectivity index (χ0v) is 13.2. The number of nitrogens with zero attached hydrogens (tertiary/aromatic N) is 2. The smallest absolute Gasteiger partial charge is 0.125 e. The van der Waals surface area contributed by atoms with Crippen molar-refractivity contribution < 1.29 is 4.39 Å². The van der Waals surface area contributed by atoms with Crippen LogP contribution in [0.2, 0.25) is 0 Å². The summed E-state index contributed by atoms with van der Waals surface area (Å²) in [5, 5.41) is 8.70. The van der Waals surface area contributed by atoms with Gasteiger partial charge in [0.2, 0.25) is 0 Å². The van der Waals surface area contributed by atoms with Crippen LogP contribution in [0.25, 0.3) is 0 Å². The van der Waals surface area contributed by atoms with Crippen molar-refractivity contribution in [2.24, 2.45) is 0 Å². The summed E-state index contributed by atoms with van der Waals surface area (Å²) in [4.78, 5) is 2.26. The Kier molecular flexibility index (Phi) is 4.92. The Morgan fingerprint density at radius 3 is 2.52 bits per heavy atom. The van der Waals surface area contributed by atoms with E-state index in [2.05, 4.69) is 35.2 Å². The summed E-state index contributed by atoms with van der Waals surface area (Å²) in [5.74, 6) is 0.389. The Hall–Kier alpha value is -2.34. The van der Waals surface area contributed by atoms with Crippen LogP contribution in [0.5, 0.6) is 0 Å². The second-order valence-electron chi connectivity index (χ2n) is 6.15. The van der Waals surface area contributed by atoms with Crippen LogP contribution in [0.1, 0.15) is 36.3 Å². The third-order valence-corrected chi connectivity index (χ3v) is 4.60. The lowest BCUT2D eigenvalue weighted by atomic mass is 9.89. The molecule has 1 fully saturated rings. The van der Waals surface area contributed by atoms with Crippen LogP contribution in [0.4, 0.5) is 10.1 Å². The minimum Gasteiger partial charge on any atom is -0.371 e. The minimum atomic E-state index is -0.208. The SMILES string of the molecule is N#CCCc1cc(F)cc(N2CCC(c3ccccc3)CC2)c1. The topological polar surface area (TPSA) is 27.0 Å². The first-order valence-electron chi connectivity index (χ1n) is 8.22. The summed E-state index contributed by atoms with van der Waals surface area (Å²) in [7, 11) is 0. The number of nitriles is 1. The van der Waals surface area contributed by atoms with Gasteiger partial charge in [-0.25, -0.2) is 4.39 Å². The molecule has 3 rings (SSSR count). The van der Waals surface area contributed by atoms with Gasteiger partial charge in [0.1, 0.15) is 5.82 Å². The molecule has 0 atom stereocenters. The number of rotatable bonds is 4. The molecule has 0 radical (unpaired) electrons. The Morgan fingerprint density at radius 1 is 1.09 bits per heavy atom. The molecule has 0 spiro atoms. The molecule has 0 saturated carbocycles. The van der Waals surface area contributed by atoms with Gasteiger partial charge < -0.3 is 4.90 Å². The van der Waals surface area contributed by atoms with Gasteiger partial charge >= 0.3 is 0 Å². The maximum Gasteiger partial charge on any atom is 0.125 e. The van der Waals surface area contributed by atoms with Gasteiger partial charge in [-0.3, -0.25) is 0 Å². The molecular formula is C20H21FN2. The fourth-order valence-electron chi connectivity index (χ4n) is 3.36. The molecule has 118 valence electrons. The van der Waals surface area contributed by atoms with Crippen molar-refractivity contribution in [2.75, 3.05) is 18.0 Å². The number of anilines is 1. The highest BCUT2D eigenvalue weighted by Gasteiger charge is 2.21. The van der Waals surface area contributed by atoms with Gasteiger partial charge in [0.25, 0.3) is 0 Å². The van der Waals surface area contributed by atoms with E-state index in [9.17, 15) is 4.39 Å².